The van der Waals surface area contributed by atoms with E-state index in [2.05, 4.69) is 29.7 Å². The van der Waals surface area contributed by atoms with E-state index in [1.54, 1.807) is 19.5 Å². The smallest absolute Gasteiger partial charge is 0.383 e. The van der Waals surface area contributed by atoms with E-state index >= 15 is 0 Å². The molecule has 0 radical (unpaired) electrons. The Hall–Kier alpha value is -3.54. The number of aliphatic imine (C=N–C) groups is 1. The summed E-state index contributed by atoms with van der Waals surface area (Å²) in [4.78, 5) is 19.5. The summed E-state index contributed by atoms with van der Waals surface area (Å²) in [6.45, 7) is 3.90. The Bertz CT molecular complexity index is 1290. The quantitative estimate of drug-likeness (QED) is 0.383. The highest BCUT2D eigenvalue weighted by Gasteiger charge is 2.35. The van der Waals surface area contributed by atoms with Crippen LogP contribution in [0.1, 0.15) is 35.7 Å². The number of anilines is 2. The second kappa shape index (κ2) is 10.1. The Kier molecular flexibility index (Phi) is 6.84. The van der Waals surface area contributed by atoms with Crippen molar-refractivity contribution in [3.63, 3.8) is 0 Å². The Labute approximate surface area is 211 Å². The summed E-state index contributed by atoms with van der Waals surface area (Å²) < 4.78 is 55.9. The first-order valence-corrected chi connectivity index (χ1v) is 12.2. The molecule has 12 heteroatoms. The summed E-state index contributed by atoms with van der Waals surface area (Å²) in [6, 6.07) is 3.05. The zero-order chi connectivity index (χ0) is 26.2. The summed E-state index contributed by atoms with van der Waals surface area (Å²) in [5.41, 5.74) is 6.10. The van der Waals surface area contributed by atoms with Gasteiger partial charge < -0.3 is 20.5 Å². The van der Waals surface area contributed by atoms with Crippen molar-refractivity contribution in [1.29, 1.82) is 0 Å². The lowest BCUT2D eigenvalue weighted by Gasteiger charge is -2.34. The molecule has 2 fully saturated rings. The van der Waals surface area contributed by atoms with Gasteiger partial charge >= 0.3 is 6.18 Å². The Morgan fingerprint density at radius 2 is 1.95 bits per heavy atom. The van der Waals surface area contributed by atoms with Crippen LogP contribution in [0.4, 0.5) is 29.2 Å². The maximum Gasteiger partial charge on any atom is 0.419 e. The predicted molar refractivity (Wildman–Crippen MR) is 133 cm³/mol. The van der Waals surface area contributed by atoms with Crippen LogP contribution in [0.25, 0.3) is 11.3 Å². The van der Waals surface area contributed by atoms with Gasteiger partial charge in [0.15, 0.2) is 0 Å². The molecule has 5 rings (SSSR count). The van der Waals surface area contributed by atoms with Crippen LogP contribution in [-0.2, 0) is 12.7 Å². The fourth-order valence-electron chi connectivity index (χ4n) is 4.95. The van der Waals surface area contributed by atoms with E-state index in [-0.39, 0.29) is 11.5 Å². The minimum Gasteiger partial charge on any atom is -0.383 e. The molecule has 0 saturated carbocycles. The summed E-state index contributed by atoms with van der Waals surface area (Å²) in [5.74, 6) is 1.19. The van der Waals surface area contributed by atoms with E-state index in [4.69, 9.17) is 10.7 Å². The first-order valence-electron chi connectivity index (χ1n) is 12.2. The van der Waals surface area contributed by atoms with Crippen molar-refractivity contribution < 1.29 is 17.6 Å². The number of alkyl halides is 3. The number of nitrogens with two attached hydrogens (primary N) is 1. The zero-order valence-electron chi connectivity index (χ0n) is 20.3. The molecule has 2 aliphatic rings. The fourth-order valence-corrected chi connectivity index (χ4v) is 4.95. The van der Waals surface area contributed by atoms with E-state index in [0.717, 1.165) is 56.3 Å². The highest BCUT2D eigenvalue weighted by molar-refractivity contribution is 5.91. The van der Waals surface area contributed by atoms with Gasteiger partial charge in [-0.05, 0) is 31.0 Å². The summed E-state index contributed by atoms with van der Waals surface area (Å²) in [5, 5.41) is 3.25. The first kappa shape index (κ1) is 25.1. The molecule has 0 unspecified atom stereocenters. The normalized spacial score (nSPS) is 17.5. The van der Waals surface area contributed by atoms with Crippen LogP contribution in [0, 0.1) is 11.7 Å². The molecular weight excluding hydrogens is 488 g/mol. The lowest BCUT2D eigenvalue weighted by molar-refractivity contribution is -0.139. The van der Waals surface area contributed by atoms with Crippen molar-refractivity contribution in [2.24, 2.45) is 10.9 Å². The number of aromatic nitrogens is 4. The second-order valence-electron chi connectivity index (χ2n) is 9.50. The maximum atomic E-state index is 13.9. The maximum absolute atomic E-state index is 13.9. The molecule has 0 amide bonds. The molecule has 3 aromatic rings. The molecule has 196 valence electrons. The molecule has 1 aromatic carbocycles. The van der Waals surface area contributed by atoms with Crippen LogP contribution in [-0.4, -0.2) is 59.0 Å². The van der Waals surface area contributed by atoms with E-state index in [9.17, 15) is 17.6 Å². The second-order valence-corrected chi connectivity index (χ2v) is 9.50. The number of nitrogens with one attached hydrogen (secondary N) is 1. The lowest BCUT2D eigenvalue weighted by atomic mass is 9.95. The number of piperidine rings is 1. The Morgan fingerprint density at radius 3 is 2.59 bits per heavy atom. The average molecular weight is 517 g/mol. The van der Waals surface area contributed by atoms with Gasteiger partial charge in [-0.3, -0.25) is 4.99 Å². The van der Waals surface area contributed by atoms with Gasteiger partial charge in [-0.15, -0.1) is 0 Å². The van der Waals surface area contributed by atoms with Gasteiger partial charge in [-0.1, -0.05) is 0 Å². The molecule has 2 aliphatic heterocycles. The number of hydrogen-bond acceptors (Lipinski definition) is 7. The number of imidazole rings is 1. The number of hydrogen-bond donors (Lipinski definition) is 2. The monoisotopic (exact) mass is 516 g/mol. The molecule has 0 atom stereocenters. The molecule has 2 aromatic heterocycles. The highest BCUT2D eigenvalue weighted by atomic mass is 19.4. The molecular formula is C25H28F4N8. The number of rotatable bonds is 6. The van der Waals surface area contributed by atoms with E-state index < -0.39 is 17.6 Å². The molecule has 37 heavy (non-hydrogen) atoms. The van der Waals surface area contributed by atoms with Gasteiger partial charge in [0.1, 0.15) is 29.6 Å². The predicted octanol–water partition coefficient (Wildman–Crippen LogP) is 3.73. The van der Waals surface area contributed by atoms with Gasteiger partial charge in [0, 0.05) is 69.6 Å². The topological polar surface area (TPSA) is 97.2 Å². The highest BCUT2D eigenvalue weighted by Crippen LogP contribution is 2.36. The Morgan fingerprint density at radius 1 is 1.19 bits per heavy atom. The van der Waals surface area contributed by atoms with Crippen LogP contribution in [0.2, 0.25) is 0 Å². The van der Waals surface area contributed by atoms with Gasteiger partial charge in [0.25, 0.3) is 0 Å². The van der Waals surface area contributed by atoms with Crippen LogP contribution in [0.5, 0.6) is 0 Å². The molecule has 0 spiro atoms. The molecule has 0 bridgehead atoms. The van der Waals surface area contributed by atoms with Gasteiger partial charge in [-0.2, -0.15) is 13.2 Å². The average Bonchev–Trinajstić information content (AvgIpc) is 3.26. The summed E-state index contributed by atoms with van der Waals surface area (Å²) in [7, 11) is 1.66. The molecule has 0 aliphatic carbocycles. The zero-order valence-corrected chi connectivity index (χ0v) is 20.3. The number of nitrogens with zero attached hydrogens (tertiary/aromatic N) is 6. The van der Waals surface area contributed by atoms with Crippen molar-refractivity contribution in [2.45, 2.75) is 31.5 Å². The van der Waals surface area contributed by atoms with Crippen molar-refractivity contribution in [3.05, 3.63) is 53.5 Å². The largest absolute Gasteiger partial charge is 0.419 e. The molecule has 4 heterocycles. The van der Waals surface area contributed by atoms with Crippen LogP contribution < -0.4 is 16.0 Å². The standard InChI is InChI=1S/C25H28F4N8/c1-31-11-18-22(30)33-14-34-24(18)36-6-4-16(5-7-36)23-35-21(13-37(23)12-15-9-32-10-15)17-2-3-20(26)19(8-17)25(27,28)29/h2-3,8,11,13-16,32H,4-7,9-10,12H2,1H3,(H2,30,33,34). The van der Waals surface area contributed by atoms with E-state index in [1.807, 2.05) is 0 Å². The number of benzene rings is 1. The third-order valence-corrected chi connectivity index (χ3v) is 7.01. The molecule has 3 N–H and O–H groups in total. The Balaban J connectivity index is 1.41. The number of halogens is 4. The number of nitrogen functional groups attached to an aromatic ring is 1. The van der Waals surface area contributed by atoms with Crippen molar-refractivity contribution in [1.82, 2.24) is 24.8 Å². The minimum atomic E-state index is -4.78. The van der Waals surface area contributed by atoms with Crippen molar-refractivity contribution in [2.75, 3.05) is 43.9 Å². The van der Waals surface area contributed by atoms with Crippen LogP contribution >= 0.6 is 0 Å². The van der Waals surface area contributed by atoms with Crippen LogP contribution in [0.15, 0.2) is 35.7 Å². The summed E-state index contributed by atoms with van der Waals surface area (Å²) in [6.07, 6.45) is 1.68. The fraction of sp³-hybridized carbons (Fsp3) is 0.440. The third kappa shape index (κ3) is 5.15. The van der Waals surface area contributed by atoms with E-state index in [0.29, 0.717) is 36.1 Å². The van der Waals surface area contributed by atoms with Gasteiger partial charge in [-0.25, -0.2) is 19.3 Å². The van der Waals surface area contributed by atoms with Gasteiger partial charge in [0.05, 0.1) is 16.8 Å². The van der Waals surface area contributed by atoms with E-state index in [1.165, 1.54) is 12.4 Å². The molecule has 8 nitrogen and oxygen atoms in total. The van der Waals surface area contributed by atoms with Gasteiger partial charge in [0.2, 0.25) is 0 Å². The van der Waals surface area contributed by atoms with Crippen molar-refractivity contribution in [3.8, 4) is 11.3 Å². The third-order valence-electron chi connectivity index (χ3n) is 7.01. The SMILES string of the molecule is CN=Cc1c(N)ncnc1N1CCC(c2nc(-c3ccc(F)c(C(F)(F)F)c3)cn2CC2CNC2)CC1. The first-order chi connectivity index (χ1) is 17.7. The lowest BCUT2D eigenvalue weighted by Crippen LogP contribution is -2.44. The van der Waals surface area contributed by atoms with Crippen molar-refractivity contribution >= 4 is 17.9 Å². The minimum absolute atomic E-state index is 0.114. The molecule has 2 saturated heterocycles. The van der Waals surface area contributed by atoms with Crippen LogP contribution in [0.3, 0.4) is 0 Å². The summed E-state index contributed by atoms with van der Waals surface area (Å²) >= 11 is 0.